The Hall–Kier alpha value is 0. The molecule has 1 rings (SSSR count). The molecule has 0 bridgehead atoms. The molecule has 1 heterocycles. The second kappa shape index (κ2) is 8.91. The van der Waals surface area contributed by atoms with Crippen LogP contribution in [0.1, 0.15) is 34.6 Å². The Labute approximate surface area is 147 Å². The van der Waals surface area contributed by atoms with Crippen LogP contribution >= 0.6 is 28.1 Å². The van der Waals surface area contributed by atoms with Gasteiger partial charge in [-0.2, -0.15) is 0 Å². The topological polar surface area (TPSA) is 55.8 Å². The summed E-state index contributed by atoms with van der Waals surface area (Å²) in [7, 11) is -2.09. The zero-order chi connectivity index (χ0) is 17.7. The van der Waals surface area contributed by atoms with Crippen LogP contribution in [0.5, 0.6) is 0 Å². The van der Waals surface area contributed by atoms with E-state index in [0.717, 1.165) is 0 Å². The fourth-order valence-corrected chi connectivity index (χ4v) is 11.8. The predicted molar refractivity (Wildman–Crippen MR) is 105 cm³/mol. The van der Waals surface area contributed by atoms with E-state index < -0.39 is 27.8 Å². The van der Waals surface area contributed by atoms with Gasteiger partial charge in [0.1, 0.15) is 0 Å². The minimum atomic E-state index is -2.09. The number of aliphatic carboxylic acids is 1. The smallest absolute Gasteiger partial charge is 0.307 e. The van der Waals surface area contributed by atoms with Crippen LogP contribution in [0.25, 0.3) is 0 Å². The quantitative estimate of drug-likeness (QED) is 0.387. The lowest BCUT2D eigenvalue weighted by Crippen LogP contribution is -2.24. The molecule has 0 aromatic heterocycles. The number of carboxylic acid groups (broad SMARTS) is 1. The Morgan fingerprint density at radius 2 is 1.52 bits per heavy atom. The van der Waals surface area contributed by atoms with Crippen molar-refractivity contribution >= 4 is 34.1 Å². The molecule has 0 amide bonds. The third-order valence-corrected chi connectivity index (χ3v) is 14.8. The summed E-state index contributed by atoms with van der Waals surface area (Å²) in [5, 5.41) is 9.38. The fourth-order valence-electron chi connectivity index (χ4n) is 1.87. The molecule has 0 saturated heterocycles. The van der Waals surface area contributed by atoms with Crippen molar-refractivity contribution < 1.29 is 18.3 Å². The lowest BCUT2D eigenvalue weighted by Gasteiger charge is -2.46. The number of carbonyl (C=O) groups is 1. The summed E-state index contributed by atoms with van der Waals surface area (Å²) < 4.78 is 12.6. The van der Waals surface area contributed by atoms with E-state index in [1.54, 1.807) is 6.92 Å². The second-order valence-electron chi connectivity index (χ2n) is 6.70. The highest BCUT2D eigenvalue weighted by Gasteiger charge is 2.52. The molecule has 0 aromatic carbocycles. The van der Waals surface area contributed by atoms with Crippen molar-refractivity contribution in [1.82, 2.24) is 0 Å². The van der Waals surface area contributed by atoms with Gasteiger partial charge in [0.15, 0.2) is 0 Å². The van der Waals surface area contributed by atoms with E-state index in [-0.39, 0.29) is 0 Å². The highest BCUT2D eigenvalue weighted by atomic mass is 33.1. The summed E-state index contributed by atoms with van der Waals surface area (Å²) in [6.07, 6.45) is 3.93. The van der Waals surface area contributed by atoms with Gasteiger partial charge in [0.05, 0.1) is 36.5 Å². The normalized spacial score (nSPS) is 18.8. The van der Waals surface area contributed by atoms with Crippen molar-refractivity contribution in [3.63, 3.8) is 0 Å². The molecule has 1 aliphatic heterocycles. The zero-order valence-electron chi connectivity index (χ0n) is 14.6. The third kappa shape index (κ3) is 5.79. The van der Waals surface area contributed by atoms with Gasteiger partial charge in [-0.05, 0) is 24.0 Å². The van der Waals surface area contributed by atoms with E-state index in [0.29, 0.717) is 30.8 Å². The van der Waals surface area contributed by atoms with E-state index in [1.807, 2.05) is 12.2 Å². The molecule has 7 heteroatoms. The first-order valence-corrected chi connectivity index (χ1v) is 13.3. The van der Waals surface area contributed by atoms with Gasteiger partial charge in [-0.3, -0.25) is 13.2 Å². The van der Waals surface area contributed by atoms with Gasteiger partial charge in [-0.15, -0.1) is 0 Å². The summed E-state index contributed by atoms with van der Waals surface area (Å²) in [5.74, 6) is 3.82. The molecule has 0 radical (unpaired) electrons. The molecule has 0 saturated carbocycles. The Balaban J connectivity index is 3.16. The Morgan fingerprint density at radius 3 is 1.87 bits per heavy atom. The highest BCUT2D eigenvalue weighted by molar-refractivity contribution is 9.01. The molecule has 134 valence electrons. The third-order valence-electron chi connectivity index (χ3n) is 3.21. The first-order chi connectivity index (χ1) is 10.6. The number of carboxylic acids is 1. The van der Waals surface area contributed by atoms with Crippen LogP contribution in [0.3, 0.4) is 0 Å². The summed E-state index contributed by atoms with van der Waals surface area (Å²) in [6.45, 7) is 11.1. The second-order valence-corrected chi connectivity index (χ2v) is 16.9. The van der Waals surface area contributed by atoms with Crippen molar-refractivity contribution in [2.45, 2.75) is 34.6 Å². The molecule has 1 unspecified atom stereocenters. The van der Waals surface area contributed by atoms with E-state index in [1.165, 1.54) is 0 Å². The van der Waals surface area contributed by atoms with Gasteiger partial charge >= 0.3 is 5.97 Å². The van der Waals surface area contributed by atoms with Gasteiger partial charge in [-0.25, -0.2) is 0 Å². The van der Waals surface area contributed by atoms with Crippen molar-refractivity contribution in [3.8, 4) is 0 Å². The molecule has 0 aromatic rings. The lowest BCUT2D eigenvalue weighted by molar-refractivity contribution is -0.140. The van der Waals surface area contributed by atoms with Crippen LogP contribution in [0.15, 0.2) is 23.8 Å². The SMILES string of the molecule is CC(C)COS(CC(C)C(=O)O)(OCC(C)C)[P+]1(S)C=CC=C1. The standard InChI is InChI=1S/C16H29O4PS2/c1-13(2)10-19-23(20-11-14(3)4,12-15(5)16(17)18)21(22)8-6-7-9-21/h6-9,13-15,22H,10-12H2,1-5H3/p+1. The van der Waals surface area contributed by atoms with Crippen LogP contribution in [0, 0.1) is 17.8 Å². The van der Waals surface area contributed by atoms with Crippen molar-refractivity contribution in [1.29, 1.82) is 0 Å². The molecule has 1 N–H and O–H groups in total. The van der Waals surface area contributed by atoms with Crippen molar-refractivity contribution in [2.24, 2.45) is 17.8 Å². The average molecular weight is 382 g/mol. The van der Waals surface area contributed by atoms with Gasteiger partial charge in [0, 0.05) is 12.2 Å². The predicted octanol–water partition coefficient (Wildman–Crippen LogP) is 5.51. The van der Waals surface area contributed by atoms with E-state index in [2.05, 4.69) is 39.3 Å². The van der Waals surface area contributed by atoms with Crippen molar-refractivity contribution in [3.05, 3.63) is 23.8 Å². The largest absolute Gasteiger partial charge is 0.481 e. The van der Waals surface area contributed by atoms with Crippen LogP contribution in [0.2, 0.25) is 0 Å². The Bertz CT molecular complexity index is 439. The minimum absolute atomic E-state index is 0.347. The van der Waals surface area contributed by atoms with Crippen LogP contribution in [0.4, 0.5) is 0 Å². The number of thiol groups is 1. The molecule has 1 atom stereocenters. The van der Waals surface area contributed by atoms with Crippen LogP contribution in [-0.2, 0) is 13.2 Å². The van der Waals surface area contributed by atoms with Gasteiger partial charge in [0.25, 0.3) is 0 Å². The maximum absolute atomic E-state index is 11.4. The summed E-state index contributed by atoms with van der Waals surface area (Å²) >= 11 is 4.94. The summed E-state index contributed by atoms with van der Waals surface area (Å²) in [5.41, 5.74) is -2.06. The monoisotopic (exact) mass is 381 g/mol. The lowest BCUT2D eigenvalue weighted by atomic mass is 10.2. The Kier molecular flexibility index (Phi) is 8.15. The first kappa shape index (κ1) is 21.0. The Morgan fingerprint density at radius 1 is 1.09 bits per heavy atom. The molecular formula is C16H30O4PS2+. The maximum Gasteiger partial charge on any atom is 0.307 e. The van der Waals surface area contributed by atoms with Gasteiger partial charge < -0.3 is 5.11 Å². The zero-order valence-corrected chi connectivity index (χ0v) is 17.2. The number of hydrogen-bond acceptors (Lipinski definition) is 4. The number of allylic oxidation sites excluding steroid dienone is 2. The van der Waals surface area contributed by atoms with Gasteiger partial charge in [-0.1, -0.05) is 44.8 Å². The maximum atomic E-state index is 11.4. The van der Waals surface area contributed by atoms with Crippen LogP contribution in [-0.4, -0.2) is 30.0 Å². The van der Waals surface area contributed by atoms with E-state index in [9.17, 15) is 9.90 Å². The minimum Gasteiger partial charge on any atom is -0.481 e. The van der Waals surface area contributed by atoms with Crippen molar-refractivity contribution in [2.75, 3.05) is 19.0 Å². The first-order valence-electron chi connectivity index (χ1n) is 7.93. The fraction of sp³-hybridized carbons (Fsp3) is 0.688. The van der Waals surface area contributed by atoms with E-state index in [4.69, 9.17) is 20.6 Å². The highest BCUT2D eigenvalue weighted by Crippen LogP contribution is 2.95. The average Bonchev–Trinajstić information content (AvgIpc) is 2.89. The molecule has 0 aliphatic carbocycles. The van der Waals surface area contributed by atoms with Crippen LogP contribution < -0.4 is 0 Å². The molecule has 0 spiro atoms. The summed E-state index contributed by atoms with van der Waals surface area (Å²) in [6, 6.07) is 0. The molecule has 1 aliphatic rings. The number of rotatable bonds is 10. The number of hydrogen-bond donors (Lipinski definition) is 2. The molecule has 0 fully saturated rings. The van der Waals surface area contributed by atoms with Gasteiger partial charge in [0.2, 0.25) is 5.67 Å². The van der Waals surface area contributed by atoms with E-state index >= 15 is 0 Å². The molecule has 4 nitrogen and oxygen atoms in total. The summed E-state index contributed by atoms with van der Waals surface area (Å²) in [4.78, 5) is 11.4. The molecule has 23 heavy (non-hydrogen) atoms. The molecular weight excluding hydrogens is 351 g/mol.